The van der Waals surface area contributed by atoms with Crippen LogP contribution in [0.4, 0.5) is 0 Å². The lowest BCUT2D eigenvalue weighted by molar-refractivity contribution is -0.136. The standard InChI is InChI=1S/C34H37N5O4/c1-24(40)37-30(20-28-21-35-23-36-28)32(41)38-31(19-25-13-15-29(43-2)16-14-25)33(42)39-18-17-34(22-39,26-9-5-3-6-10-26)27-11-7-4-8-12-27/h3-16,21,23,30-31H,17-20,22H2,1-2H3,(H,35,36)(H,37,40)(H,38,41)/t30-,31-/m0/s1. The SMILES string of the molecule is COc1ccc(C[C@H](NC(=O)[C@H](Cc2cnc[nH]2)NC(C)=O)C(=O)N2CCC(c3ccccc3)(c3ccccc3)C2)cc1. The first-order valence-electron chi connectivity index (χ1n) is 14.5. The zero-order valence-electron chi connectivity index (χ0n) is 24.5. The summed E-state index contributed by atoms with van der Waals surface area (Å²) in [6, 6.07) is 26.3. The zero-order chi connectivity index (χ0) is 30.2. The van der Waals surface area contributed by atoms with E-state index in [1.807, 2.05) is 65.6 Å². The van der Waals surface area contributed by atoms with Crippen LogP contribution in [-0.2, 0) is 32.6 Å². The topological polar surface area (TPSA) is 116 Å². The highest BCUT2D eigenvalue weighted by Gasteiger charge is 2.44. The highest BCUT2D eigenvalue weighted by molar-refractivity contribution is 5.92. The molecule has 0 saturated carbocycles. The van der Waals surface area contributed by atoms with Crippen LogP contribution in [0.25, 0.3) is 0 Å². The highest BCUT2D eigenvalue weighted by Crippen LogP contribution is 2.41. The number of aromatic amines is 1. The first-order chi connectivity index (χ1) is 20.9. The van der Waals surface area contributed by atoms with Gasteiger partial charge in [-0.05, 0) is 35.2 Å². The van der Waals surface area contributed by atoms with Crippen LogP contribution in [-0.4, -0.2) is 64.9 Å². The molecule has 3 aromatic carbocycles. The lowest BCUT2D eigenvalue weighted by atomic mass is 9.74. The van der Waals surface area contributed by atoms with E-state index < -0.39 is 18.0 Å². The number of hydrogen-bond donors (Lipinski definition) is 3. The first-order valence-corrected chi connectivity index (χ1v) is 14.5. The molecule has 3 amide bonds. The summed E-state index contributed by atoms with van der Waals surface area (Å²) in [5.41, 5.74) is 3.50. The van der Waals surface area contributed by atoms with Crippen LogP contribution in [0.5, 0.6) is 5.75 Å². The van der Waals surface area contributed by atoms with Crippen LogP contribution >= 0.6 is 0 Å². The van der Waals surface area contributed by atoms with Crippen LogP contribution in [0.1, 0.15) is 35.7 Å². The van der Waals surface area contributed by atoms with E-state index in [2.05, 4.69) is 44.9 Å². The fourth-order valence-electron chi connectivity index (χ4n) is 5.91. The lowest BCUT2D eigenvalue weighted by Crippen LogP contribution is -2.55. The van der Waals surface area contributed by atoms with Gasteiger partial charge >= 0.3 is 0 Å². The maximum atomic E-state index is 14.3. The van der Waals surface area contributed by atoms with E-state index in [1.165, 1.54) is 13.3 Å². The molecule has 4 aromatic rings. The van der Waals surface area contributed by atoms with Crippen molar-refractivity contribution in [2.24, 2.45) is 0 Å². The maximum absolute atomic E-state index is 14.3. The van der Waals surface area contributed by atoms with Crippen molar-refractivity contribution in [1.82, 2.24) is 25.5 Å². The molecule has 1 aromatic heterocycles. The van der Waals surface area contributed by atoms with Crippen molar-refractivity contribution < 1.29 is 19.1 Å². The Labute approximate surface area is 251 Å². The molecule has 1 aliphatic rings. The van der Waals surface area contributed by atoms with E-state index in [4.69, 9.17) is 4.74 Å². The Morgan fingerprint density at radius 1 is 0.907 bits per heavy atom. The summed E-state index contributed by atoms with van der Waals surface area (Å²) in [6.07, 6.45) is 4.38. The number of nitrogens with zero attached hydrogens (tertiary/aromatic N) is 2. The highest BCUT2D eigenvalue weighted by atomic mass is 16.5. The number of amides is 3. The van der Waals surface area contributed by atoms with E-state index in [1.54, 1.807) is 13.3 Å². The van der Waals surface area contributed by atoms with Gasteiger partial charge in [-0.25, -0.2) is 4.98 Å². The minimum atomic E-state index is -0.879. The fourth-order valence-corrected chi connectivity index (χ4v) is 5.91. The van der Waals surface area contributed by atoms with Gasteiger partial charge < -0.3 is 25.3 Å². The normalized spacial score (nSPS) is 15.3. The Balaban J connectivity index is 1.42. The molecule has 2 heterocycles. The zero-order valence-corrected chi connectivity index (χ0v) is 24.5. The predicted octanol–water partition coefficient (Wildman–Crippen LogP) is 3.41. The molecule has 0 bridgehead atoms. The molecular weight excluding hydrogens is 542 g/mol. The molecule has 2 atom stereocenters. The number of methoxy groups -OCH3 is 1. The van der Waals surface area contributed by atoms with Gasteiger partial charge in [-0.1, -0.05) is 72.8 Å². The van der Waals surface area contributed by atoms with Crippen LogP contribution in [0.15, 0.2) is 97.5 Å². The van der Waals surface area contributed by atoms with Crippen molar-refractivity contribution in [3.05, 3.63) is 120 Å². The molecule has 5 rings (SSSR count). The summed E-state index contributed by atoms with van der Waals surface area (Å²) in [6.45, 7) is 2.39. The van der Waals surface area contributed by atoms with E-state index in [9.17, 15) is 14.4 Å². The number of ether oxygens (including phenoxy) is 1. The van der Waals surface area contributed by atoms with Gasteiger partial charge in [0.25, 0.3) is 0 Å². The van der Waals surface area contributed by atoms with Crippen LogP contribution in [0.3, 0.4) is 0 Å². The van der Waals surface area contributed by atoms with Gasteiger partial charge in [-0.3, -0.25) is 14.4 Å². The third-order valence-corrected chi connectivity index (χ3v) is 8.12. The van der Waals surface area contributed by atoms with Gasteiger partial charge in [0, 0.05) is 50.2 Å². The van der Waals surface area contributed by atoms with Crippen LogP contribution in [0.2, 0.25) is 0 Å². The molecule has 0 spiro atoms. The van der Waals surface area contributed by atoms with E-state index in [0.29, 0.717) is 24.5 Å². The van der Waals surface area contributed by atoms with Gasteiger partial charge in [0.1, 0.15) is 17.8 Å². The summed E-state index contributed by atoms with van der Waals surface area (Å²) in [5, 5.41) is 5.71. The predicted molar refractivity (Wildman–Crippen MR) is 163 cm³/mol. The lowest BCUT2D eigenvalue weighted by Gasteiger charge is -2.32. The smallest absolute Gasteiger partial charge is 0.245 e. The van der Waals surface area contributed by atoms with E-state index in [0.717, 1.165) is 23.1 Å². The van der Waals surface area contributed by atoms with Crippen molar-refractivity contribution in [3.8, 4) is 5.75 Å². The van der Waals surface area contributed by atoms with Crippen LogP contribution < -0.4 is 15.4 Å². The quantitative estimate of drug-likeness (QED) is 0.252. The number of nitrogens with one attached hydrogen (secondary N) is 3. The molecule has 9 nitrogen and oxygen atoms in total. The molecule has 3 N–H and O–H groups in total. The first kappa shape index (κ1) is 29.6. The second-order valence-corrected chi connectivity index (χ2v) is 11.0. The minimum Gasteiger partial charge on any atom is -0.497 e. The maximum Gasteiger partial charge on any atom is 0.245 e. The number of hydrogen-bond acceptors (Lipinski definition) is 5. The van der Waals surface area contributed by atoms with Crippen LogP contribution in [0, 0.1) is 0 Å². The monoisotopic (exact) mass is 579 g/mol. The summed E-state index contributed by atoms with van der Waals surface area (Å²) in [7, 11) is 1.60. The van der Waals surface area contributed by atoms with Gasteiger partial charge in [-0.2, -0.15) is 0 Å². The summed E-state index contributed by atoms with van der Waals surface area (Å²) in [4.78, 5) is 48.8. The minimum absolute atomic E-state index is 0.166. The average molecular weight is 580 g/mol. The Kier molecular flexibility index (Phi) is 9.20. The molecule has 9 heteroatoms. The number of H-pyrrole nitrogens is 1. The van der Waals surface area contributed by atoms with E-state index in [-0.39, 0.29) is 30.1 Å². The molecule has 222 valence electrons. The van der Waals surface area contributed by atoms with Crippen molar-refractivity contribution >= 4 is 17.7 Å². The van der Waals surface area contributed by atoms with Gasteiger partial charge in [0.05, 0.1) is 13.4 Å². The van der Waals surface area contributed by atoms with Gasteiger partial charge in [-0.15, -0.1) is 0 Å². The fraction of sp³-hybridized carbons (Fsp3) is 0.294. The molecule has 1 saturated heterocycles. The molecule has 0 unspecified atom stereocenters. The van der Waals surface area contributed by atoms with Gasteiger partial charge in [0.2, 0.25) is 17.7 Å². The number of carbonyl (C=O) groups excluding carboxylic acids is 3. The third kappa shape index (κ3) is 6.94. The Bertz CT molecular complexity index is 1470. The average Bonchev–Trinajstić information content (AvgIpc) is 3.72. The number of rotatable bonds is 11. The summed E-state index contributed by atoms with van der Waals surface area (Å²) in [5.74, 6) is -0.238. The Morgan fingerprint density at radius 2 is 1.56 bits per heavy atom. The number of benzene rings is 3. The molecule has 0 aliphatic carbocycles. The second kappa shape index (κ2) is 13.4. The summed E-state index contributed by atoms with van der Waals surface area (Å²) < 4.78 is 5.30. The molecule has 0 radical (unpaired) electrons. The summed E-state index contributed by atoms with van der Waals surface area (Å²) >= 11 is 0. The number of carbonyl (C=O) groups is 3. The number of imidazole rings is 1. The molecule has 43 heavy (non-hydrogen) atoms. The second-order valence-electron chi connectivity index (χ2n) is 11.0. The van der Waals surface area contributed by atoms with Crippen molar-refractivity contribution in [2.45, 2.75) is 43.7 Å². The Hall–Kier alpha value is -4.92. The number of aromatic nitrogens is 2. The van der Waals surface area contributed by atoms with E-state index >= 15 is 0 Å². The largest absolute Gasteiger partial charge is 0.497 e. The van der Waals surface area contributed by atoms with Crippen molar-refractivity contribution in [1.29, 1.82) is 0 Å². The third-order valence-electron chi connectivity index (χ3n) is 8.12. The van der Waals surface area contributed by atoms with Gasteiger partial charge in [0.15, 0.2) is 0 Å². The van der Waals surface area contributed by atoms with Crippen molar-refractivity contribution in [3.63, 3.8) is 0 Å². The molecule has 1 fully saturated rings. The Morgan fingerprint density at radius 3 is 2.12 bits per heavy atom. The van der Waals surface area contributed by atoms with Crippen molar-refractivity contribution in [2.75, 3.05) is 20.2 Å². The molecular formula is C34H37N5O4. The molecule has 1 aliphatic heterocycles. The number of likely N-dealkylation sites (tertiary alicyclic amines) is 1.